The molecule has 114 valence electrons. The van der Waals surface area contributed by atoms with Gasteiger partial charge in [-0.2, -0.15) is 0 Å². The van der Waals surface area contributed by atoms with E-state index in [4.69, 9.17) is 5.11 Å². The van der Waals surface area contributed by atoms with Crippen molar-refractivity contribution in [3.05, 3.63) is 0 Å². The number of aliphatic carboxylic acids is 1. The van der Waals surface area contributed by atoms with Crippen LogP contribution in [0.4, 0.5) is 4.79 Å². The van der Waals surface area contributed by atoms with E-state index in [1.807, 2.05) is 20.8 Å². The van der Waals surface area contributed by atoms with Gasteiger partial charge in [-0.05, 0) is 39.5 Å². The van der Waals surface area contributed by atoms with Gasteiger partial charge in [0.15, 0.2) is 0 Å². The molecule has 0 bridgehead atoms. The van der Waals surface area contributed by atoms with Crippen LogP contribution >= 0.6 is 0 Å². The fourth-order valence-electron chi connectivity index (χ4n) is 1.86. The second kappa shape index (κ2) is 6.58. The van der Waals surface area contributed by atoms with E-state index < -0.39 is 12.0 Å². The van der Waals surface area contributed by atoms with Crippen LogP contribution < -0.4 is 16.0 Å². The van der Waals surface area contributed by atoms with Crippen molar-refractivity contribution in [1.29, 1.82) is 0 Å². The number of amides is 3. The molecule has 7 nitrogen and oxygen atoms in total. The van der Waals surface area contributed by atoms with Crippen molar-refractivity contribution >= 4 is 17.9 Å². The van der Waals surface area contributed by atoms with Crippen LogP contribution in [0.5, 0.6) is 0 Å². The molecule has 0 aliphatic heterocycles. The van der Waals surface area contributed by atoms with E-state index in [9.17, 15) is 14.4 Å². The fraction of sp³-hybridized carbons (Fsp3) is 0.769. The smallest absolute Gasteiger partial charge is 0.315 e. The van der Waals surface area contributed by atoms with E-state index in [0.717, 1.165) is 12.8 Å². The Labute approximate surface area is 118 Å². The minimum absolute atomic E-state index is 0.0910. The number of carbonyl (C=O) groups excluding carboxylic acids is 2. The van der Waals surface area contributed by atoms with Crippen LogP contribution in [0.2, 0.25) is 0 Å². The Balaban J connectivity index is 2.31. The van der Waals surface area contributed by atoms with Gasteiger partial charge >= 0.3 is 12.0 Å². The zero-order valence-electron chi connectivity index (χ0n) is 12.2. The maximum atomic E-state index is 11.6. The first-order valence-electron chi connectivity index (χ1n) is 6.74. The maximum Gasteiger partial charge on any atom is 0.315 e. The van der Waals surface area contributed by atoms with Gasteiger partial charge in [0.25, 0.3) is 0 Å². The van der Waals surface area contributed by atoms with Gasteiger partial charge in [-0.25, -0.2) is 4.79 Å². The Morgan fingerprint density at radius 2 is 1.85 bits per heavy atom. The summed E-state index contributed by atoms with van der Waals surface area (Å²) < 4.78 is 0. The SMILES string of the molecule is CC(C)(C)NC(=O)CNC(=O)NC(CC(=O)O)C1CC1. The number of nitrogens with one attached hydrogen (secondary N) is 3. The van der Waals surface area contributed by atoms with E-state index in [0.29, 0.717) is 0 Å². The molecule has 1 fully saturated rings. The van der Waals surface area contributed by atoms with Crippen molar-refractivity contribution in [2.45, 2.75) is 51.6 Å². The van der Waals surface area contributed by atoms with Gasteiger partial charge < -0.3 is 21.1 Å². The van der Waals surface area contributed by atoms with Gasteiger partial charge in [-0.3, -0.25) is 9.59 Å². The highest BCUT2D eigenvalue weighted by molar-refractivity contribution is 5.84. The number of rotatable bonds is 6. The molecular weight excluding hydrogens is 262 g/mol. The van der Waals surface area contributed by atoms with Gasteiger partial charge in [0.05, 0.1) is 13.0 Å². The first-order valence-corrected chi connectivity index (χ1v) is 6.74. The van der Waals surface area contributed by atoms with Crippen molar-refractivity contribution in [2.24, 2.45) is 5.92 Å². The molecule has 1 unspecified atom stereocenters. The predicted octanol–water partition coefficient (Wildman–Crippen LogP) is 0.454. The lowest BCUT2D eigenvalue weighted by atomic mass is 10.1. The van der Waals surface area contributed by atoms with Crippen LogP contribution in [0.3, 0.4) is 0 Å². The second-order valence-corrected chi connectivity index (χ2v) is 6.17. The molecule has 0 heterocycles. The quantitative estimate of drug-likeness (QED) is 0.568. The number of carbonyl (C=O) groups is 3. The van der Waals surface area contributed by atoms with E-state index in [-0.39, 0.29) is 36.4 Å². The third-order valence-electron chi connectivity index (χ3n) is 2.83. The maximum absolute atomic E-state index is 11.6. The van der Waals surface area contributed by atoms with Crippen LogP contribution in [0.15, 0.2) is 0 Å². The Bertz CT molecular complexity index is 386. The average Bonchev–Trinajstić information content (AvgIpc) is 3.06. The van der Waals surface area contributed by atoms with Crippen LogP contribution in [-0.4, -0.2) is 41.1 Å². The van der Waals surface area contributed by atoms with Gasteiger partial charge in [-0.1, -0.05) is 0 Å². The molecular formula is C13H23N3O4. The van der Waals surface area contributed by atoms with Crippen molar-refractivity contribution in [2.75, 3.05) is 6.54 Å². The summed E-state index contributed by atoms with van der Waals surface area (Å²) in [5.41, 5.74) is -0.352. The Morgan fingerprint density at radius 1 is 1.25 bits per heavy atom. The zero-order valence-corrected chi connectivity index (χ0v) is 12.2. The standard InChI is InChI=1S/C13H23N3O4/c1-13(2,3)16-10(17)7-14-12(20)15-9(6-11(18)19)8-4-5-8/h8-9H,4-7H2,1-3H3,(H,16,17)(H,18,19)(H2,14,15,20). The summed E-state index contributed by atoms with van der Waals surface area (Å²) in [7, 11) is 0. The molecule has 3 amide bonds. The lowest BCUT2D eigenvalue weighted by Gasteiger charge is -2.21. The molecule has 4 N–H and O–H groups in total. The first kappa shape index (κ1) is 16.3. The summed E-state index contributed by atoms with van der Waals surface area (Å²) in [4.78, 5) is 33.9. The number of hydrogen-bond donors (Lipinski definition) is 4. The summed E-state index contributed by atoms with van der Waals surface area (Å²) in [6, 6.07) is -0.870. The van der Waals surface area contributed by atoms with Crippen LogP contribution in [0.1, 0.15) is 40.0 Å². The number of urea groups is 1. The van der Waals surface area contributed by atoms with E-state index in [2.05, 4.69) is 16.0 Å². The first-order chi connectivity index (χ1) is 9.17. The zero-order chi connectivity index (χ0) is 15.3. The normalized spacial score (nSPS) is 16.1. The topological polar surface area (TPSA) is 108 Å². The Kier molecular flexibility index (Phi) is 5.35. The highest BCUT2D eigenvalue weighted by Crippen LogP contribution is 2.33. The van der Waals surface area contributed by atoms with Crippen molar-refractivity contribution in [3.8, 4) is 0 Å². The van der Waals surface area contributed by atoms with Gasteiger partial charge in [0, 0.05) is 11.6 Å². The van der Waals surface area contributed by atoms with E-state index in [1.165, 1.54) is 0 Å². The van der Waals surface area contributed by atoms with Crippen molar-refractivity contribution < 1.29 is 19.5 Å². The van der Waals surface area contributed by atoms with Gasteiger partial charge in [0.2, 0.25) is 5.91 Å². The number of carboxylic acid groups (broad SMARTS) is 1. The average molecular weight is 285 g/mol. The predicted molar refractivity (Wildman–Crippen MR) is 73.2 cm³/mol. The van der Waals surface area contributed by atoms with Crippen LogP contribution in [0.25, 0.3) is 0 Å². The molecule has 0 radical (unpaired) electrons. The molecule has 1 aliphatic rings. The summed E-state index contributed by atoms with van der Waals surface area (Å²) in [6.07, 6.45) is 1.78. The van der Waals surface area contributed by atoms with Crippen LogP contribution in [-0.2, 0) is 9.59 Å². The Morgan fingerprint density at radius 3 is 2.30 bits per heavy atom. The molecule has 1 atom stereocenters. The van der Waals surface area contributed by atoms with Crippen LogP contribution in [0, 0.1) is 5.92 Å². The molecule has 1 rings (SSSR count). The monoisotopic (exact) mass is 285 g/mol. The minimum Gasteiger partial charge on any atom is -0.481 e. The summed E-state index contributed by atoms with van der Waals surface area (Å²) in [6.45, 7) is 5.41. The van der Waals surface area contributed by atoms with E-state index >= 15 is 0 Å². The molecule has 1 aliphatic carbocycles. The Hall–Kier alpha value is -1.79. The molecule has 0 saturated heterocycles. The molecule has 0 aromatic rings. The third-order valence-corrected chi connectivity index (χ3v) is 2.83. The molecule has 0 aromatic carbocycles. The highest BCUT2D eigenvalue weighted by Gasteiger charge is 2.33. The largest absolute Gasteiger partial charge is 0.481 e. The molecule has 0 spiro atoms. The second-order valence-electron chi connectivity index (χ2n) is 6.17. The third kappa shape index (κ3) is 6.96. The number of hydrogen-bond acceptors (Lipinski definition) is 3. The lowest BCUT2D eigenvalue weighted by molar-refractivity contribution is -0.137. The summed E-state index contributed by atoms with van der Waals surface area (Å²) >= 11 is 0. The summed E-state index contributed by atoms with van der Waals surface area (Å²) in [5, 5.41) is 16.6. The molecule has 20 heavy (non-hydrogen) atoms. The lowest BCUT2D eigenvalue weighted by Crippen LogP contribution is -2.49. The summed E-state index contributed by atoms with van der Waals surface area (Å²) in [5.74, 6) is -0.984. The highest BCUT2D eigenvalue weighted by atomic mass is 16.4. The molecule has 1 saturated carbocycles. The van der Waals surface area contributed by atoms with Crippen molar-refractivity contribution in [1.82, 2.24) is 16.0 Å². The molecule has 7 heteroatoms. The number of carboxylic acids is 1. The van der Waals surface area contributed by atoms with Gasteiger partial charge in [-0.15, -0.1) is 0 Å². The minimum atomic E-state index is -0.937. The fourth-order valence-corrected chi connectivity index (χ4v) is 1.86. The van der Waals surface area contributed by atoms with E-state index in [1.54, 1.807) is 0 Å². The van der Waals surface area contributed by atoms with Gasteiger partial charge in [0.1, 0.15) is 0 Å². The molecule has 0 aromatic heterocycles. The van der Waals surface area contributed by atoms with Crippen molar-refractivity contribution in [3.63, 3.8) is 0 Å².